The van der Waals surface area contributed by atoms with E-state index in [2.05, 4.69) is 15.1 Å². The molecule has 76 valence electrons. The summed E-state index contributed by atoms with van der Waals surface area (Å²) in [6.07, 6.45) is 1.41. The van der Waals surface area contributed by atoms with Crippen molar-refractivity contribution in [3.63, 3.8) is 0 Å². The van der Waals surface area contributed by atoms with Crippen LogP contribution >= 0.6 is 0 Å². The first-order valence-corrected chi connectivity index (χ1v) is 4.05. The van der Waals surface area contributed by atoms with Crippen molar-refractivity contribution in [1.82, 2.24) is 15.0 Å². The van der Waals surface area contributed by atoms with Gasteiger partial charge in [0.25, 0.3) is 5.56 Å². The second kappa shape index (κ2) is 3.91. The van der Waals surface area contributed by atoms with Crippen molar-refractivity contribution in [1.29, 1.82) is 0 Å². The van der Waals surface area contributed by atoms with E-state index >= 15 is 0 Å². The van der Waals surface area contributed by atoms with Gasteiger partial charge in [-0.15, -0.1) is 0 Å². The average molecular weight is 196 g/mol. The zero-order valence-electron chi connectivity index (χ0n) is 8.29. The monoisotopic (exact) mass is 196 g/mol. The van der Waals surface area contributed by atoms with Crippen LogP contribution in [0.5, 0.6) is 0 Å². The molecule has 0 fully saturated rings. The molecule has 0 aliphatic rings. The van der Waals surface area contributed by atoms with Gasteiger partial charge in [-0.05, 0) is 6.92 Å². The first kappa shape index (κ1) is 10.2. The van der Waals surface area contributed by atoms with Gasteiger partial charge in [0.2, 0.25) is 0 Å². The van der Waals surface area contributed by atoms with Crippen molar-refractivity contribution in [2.45, 2.75) is 6.92 Å². The lowest BCUT2D eigenvalue weighted by Crippen LogP contribution is -2.27. The third kappa shape index (κ3) is 2.32. The molecule has 0 atom stereocenters. The predicted molar refractivity (Wildman–Crippen MR) is 53.7 cm³/mol. The highest BCUT2D eigenvalue weighted by Gasteiger charge is 2.01. The topological polar surface area (TPSA) is 81.3 Å². The number of aromatic nitrogens is 2. The Kier molecular flexibility index (Phi) is 2.85. The highest BCUT2D eigenvalue weighted by molar-refractivity contribution is 5.79. The average Bonchev–Trinajstić information content (AvgIpc) is 2.01. The van der Waals surface area contributed by atoms with Gasteiger partial charge in [0, 0.05) is 19.8 Å². The molecular weight excluding hydrogens is 184 g/mol. The molecule has 0 aliphatic heterocycles. The van der Waals surface area contributed by atoms with E-state index in [0.717, 1.165) is 0 Å². The molecule has 0 aromatic carbocycles. The van der Waals surface area contributed by atoms with Gasteiger partial charge in [-0.1, -0.05) is 0 Å². The summed E-state index contributed by atoms with van der Waals surface area (Å²) in [7, 11) is 3.48. The molecule has 1 heterocycles. The van der Waals surface area contributed by atoms with E-state index in [1.54, 1.807) is 26.0 Å². The lowest BCUT2D eigenvalue weighted by Gasteiger charge is -2.02. The van der Waals surface area contributed by atoms with Gasteiger partial charge in [0.15, 0.2) is 0 Å². The summed E-state index contributed by atoms with van der Waals surface area (Å²) in [4.78, 5) is 26.7. The molecule has 1 rings (SSSR count). The van der Waals surface area contributed by atoms with Crippen LogP contribution in [0.15, 0.2) is 14.7 Å². The molecule has 0 saturated carbocycles. The number of aryl methyl sites for hydroxylation is 1. The lowest BCUT2D eigenvalue weighted by atomic mass is 10.2. The molecule has 0 unspecified atom stereocenters. The van der Waals surface area contributed by atoms with Crippen LogP contribution in [0.4, 0.5) is 0 Å². The Hall–Kier alpha value is -1.85. The highest BCUT2D eigenvalue weighted by atomic mass is 16.2. The van der Waals surface area contributed by atoms with E-state index in [9.17, 15) is 9.59 Å². The summed E-state index contributed by atoms with van der Waals surface area (Å²) >= 11 is 0. The van der Waals surface area contributed by atoms with Gasteiger partial charge in [-0.3, -0.25) is 9.78 Å². The molecule has 14 heavy (non-hydrogen) atoms. The molecule has 0 amide bonds. The van der Waals surface area contributed by atoms with Gasteiger partial charge in [0.05, 0.1) is 11.8 Å². The minimum Gasteiger partial charge on any atom is -0.311 e. The first-order chi connectivity index (χ1) is 6.50. The van der Waals surface area contributed by atoms with Crippen LogP contribution in [0.25, 0.3) is 0 Å². The molecule has 1 aromatic heterocycles. The van der Waals surface area contributed by atoms with E-state index < -0.39 is 11.2 Å². The van der Waals surface area contributed by atoms with Crippen LogP contribution in [-0.2, 0) is 0 Å². The second-order valence-corrected chi connectivity index (χ2v) is 3.04. The summed E-state index contributed by atoms with van der Waals surface area (Å²) in [5.74, 6) is 0. The van der Waals surface area contributed by atoms with E-state index in [-0.39, 0.29) is 0 Å². The number of nitrogens with zero attached hydrogens (tertiary/aromatic N) is 2. The van der Waals surface area contributed by atoms with E-state index in [4.69, 9.17) is 0 Å². The maximum Gasteiger partial charge on any atom is 0.325 e. The van der Waals surface area contributed by atoms with Crippen molar-refractivity contribution in [3.05, 3.63) is 32.1 Å². The van der Waals surface area contributed by atoms with Crippen LogP contribution in [0.3, 0.4) is 0 Å². The Labute approximate surface area is 80.3 Å². The van der Waals surface area contributed by atoms with Gasteiger partial charge in [0.1, 0.15) is 0 Å². The number of hydrogen-bond acceptors (Lipinski definition) is 4. The SMILES string of the molecule is Cc1[nH]c(=O)[nH]c(=O)c1C=NN(C)C. The van der Waals surface area contributed by atoms with Gasteiger partial charge < -0.3 is 9.99 Å². The zero-order chi connectivity index (χ0) is 10.7. The smallest absolute Gasteiger partial charge is 0.311 e. The summed E-state index contributed by atoms with van der Waals surface area (Å²) in [5, 5.41) is 5.47. The fraction of sp³-hybridized carbons (Fsp3) is 0.375. The van der Waals surface area contributed by atoms with Crippen LogP contribution in [-0.4, -0.2) is 35.3 Å². The van der Waals surface area contributed by atoms with Crippen LogP contribution in [0, 0.1) is 6.92 Å². The highest BCUT2D eigenvalue weighted by Crippen LogP contribution is 1.90. The molecule has 1 aromatic rings. The molecule has 0 saturated heterocycles. The standard InChI is InChI=1S/C8H12N4O2/c1-5-6(4-9-12(2)3)7(13)11-8(14)10-5/h4H,1-3H3,(H2,10,11,13,14). The second-order valence-electron chi connectivity index (χ2n) is 3.04. The van der Waals surface area contributed by atoms with Crippen LogP contribution in [0.1, 0.15) is 11.3 Å². The van der Waals surface area contributed by atoms with Gasteiger partial charge in [-0.25, -0.2) is 4.79 Å². The van der Waals surface area contributed by atoms with Crippen molar-refractivity contribution < 1.29 is 0 Å². The lowest BCUT2D eigenvalue weighted by molar-refractivity contribution is 0.440. The molecule has 0 spiro atoms. The van der Waals surface area contributed by atoms with Gasteiger partial charge in [-0.2, -0.15) is 5.10 Å². The van der Waals surface area contributed by atoms with Crippen LogP contribution in [0.2, 0.25) is 0 Å². The molecule has 0 radical (unpaired) electrons. The Balaban J connectivity index is 3.22. The molecule has 0 bridgehead atoms. The summed E-state index contributed by atoms with van der Waals surface area (Å²) in [5.41, 5.74) is -0.0750. The Bertz CT molecular complexity index is 455. The Morgan fingerprint density at radius 1 is 1.29 bits per heavy atom. The third-order valence-electron chi connectivity index (χ3n) is 1.59. The van der Waals surface area contributed by atoms with Gasteiger partial charge >= 0.3 is 5.69 Å². The van der Waals surface area contributed by atoms with Crippen molar-refractivity contribution in [2.75, 3.05) is 14.1 Å². The molecule has 2 N–H and O–H groups in total. The van der Waals surface area contributed by atoms with Crippen molar-refractivity contribution in [2.24, 2.45) is 5.10 Å². The Morgan fingerprint density at radius 2 is 1.93 bits per heavy atom. The number of rotatable bonds is 2. The van der Waals surface area contributed by atoms with Crippen LogP contribution < -0.4 is 11.2 Å². The number of H-pyrrole nitrogens is 2. The fourth-order valence-electron chi connectivity index (χ4n) is 0.938. The summed E-state index contributed by atoms with van der Waals surface area (Å²) in [6.45, 7) is 1.65. The maximum absolute atomic E-state index is 11.3. The first-order valence-electron chi connectivity index (χ1n) is 4.05. The summed E-state index contributed by atoms with van der Waals surface area (Å²) < 4.78 is 0. The predicted octanol–water partition coefficient (Wildman–Crippen LogP) is -0.733. The molecule has 6 nitrogen and oxygen atoms in total. The maximum atomic E-state index is 11.3. The normalized spacial score (nSPS) is 10.8. The number of hydrogen-bond donors (Lipinski definition) is 2. The third-order valence-corrected chi connectivity index (χ3v) is 1.59. The Morgan fingerprint density at radius 3 is 2.43 bits per heavy atom. The van der Waals surface area contributed by atoms with Crippen molar-refractivity contribution in [3.8, 4) is 0 Å². The summed E-state index contributed by atoms with van der Waals surface area (Å²) in [6, 6.07) is 0. The van der Waals surface area contributed by atoms with E-state index in [0.29, 0.717) is 11.3 Å². The number of aromatic amines is 2. The quantitative estimate of drug-likeness (QED) is 0.483. The molecule has 6 heteroatoms. The van der Waals surface area contributed by atoms with Crippen molar-refractivity contribution >= 4 is 6.21 Å². The van der Waals surface area contributed by atoms with E-state index in [1.165, 1.54) is 6.21 Å². The molecular formula is C8H12N4O2. The zero-order valence-corrected chi connectivity index (χ0v) is 8.29. The number of nitrogens with one attached hydrogen (secondary N) is 2. The fourth-order valence-corrected chi connectivity index (χ4v) is 0.938. The molecule has 0 aliphatic carbocycles. The largest absolute Gasteiger partial charge is 0.325 e. The minimum absolute atomic E-state index is 0.360. The minimum atomic E-state index is -0.505. The number of hydrazone groups is 1. The van der Waals surface area contributed by atoms with E-state index in [1.807, 2.05) is 0 Å².